The van der Waals surface area contributed by atoms with Gasteiger partial charge in [0.15, 0.2) is 0 Å². The molecule has 0 spiro atoms. The summed E-state index contributed by atoms with van der Waals surface area (Å²) in [7, 11) is 0. The number of aryl methyl sites for hydroxylation is 1. The molecular weight excluding hydrogens is 300 g/mol. The quantitative estimate of drug-likeness (QED) is 0.880. The highest BCUT2D eigenvalue weighted by Crippen LogP contribution is 2.26. The number of halogens is 2. The Kier molecular flexibility index (Phi) is 4.02. The maximum Gasteiger partial charge on any atom is 0.144 e. The van der Waals surface area contributed by atoms with Crippen LogP contribution in [0.15, 0.2) is 41.0 Å². The van der Waals surface area contributed by atoms with Gasteiger partial charge in [0.2, 0.25) is 0 Å². The van der Waals surface area contributed by atoms with Gasteiger partial charge in [-0.1, -0.05) is 30.7 Å². The summed E-state index contributed by atoms with van der Waals surface area (Å²) in [6, 6.07) is 10.1. The lowest BCUT2D eigenvalue weighted by atomic mass is 10.1. The molecule has 0 saturated carbocycles. The molecule has 1 heterocycles. The van der Waals surface area contributed by atoms with Crippen molar-refractivity contribution < 1.29 is 0 Å². The van der Waals surface area contributed by atoms with Gasteiger partial charge in [-0.15, -0.1) is 0 Å². The van der Waals surface area contributed by atoms with Crippen molar-refractivity contribution in [2.24, 2.45) is 0 Å². The highest BCUT2D eigenvalue weighted by Gasteiger charge is 2.02. The molecule has 88 valence electrons. The summed E-state index contributed by atoms with van der Waals surface area (Å²) in [6.07, 6.45) is 2.66. The second-order valence-corrected chi connectivity index (χ2v) is 4.95. The molecule has 0 aliphatic heterocycles. The van der Waals surface area contributed by atoms with E-state index in [2.05, 4.69) is 45.3 Å². The van der Waals surface area contributed by atoms with E-state index in [0.29, 0.717) is 5.02 Å². The van der Waals surface area contributed by atoms with Gasteiger partial charge in [-0.2, -0.15) is 0 Å². The van der Waals surface area contributed by atoms with E-state index < -0.39 is 0 Å². The minimum Gasteiger partial charge on any atom is -0.339 e. The maximum absolute atomic E-state index is 5.84. The van der Waals surface area contributed by atoms with Crippen LogP contribution in [-0.4, -0.2) is 4.98 Å². The van der Waals surface area contributed by atoms with Crippen molar-refractivity contribution in [3.05, 3.63) is 51.6 Å². The van der Waals surface area contributed by atoms with Crippen LogP contribution in [0.25, 0.3) is 0 Å². The zero-order valence-electron chi connectivity index (χ0n) is 9.37. The Morgan fingerprint density at radius 2 is 2.00 bits per heavy atom. The molecule has 1 aromatic carbocycles. The van der Waals surface area contributed by atoms with E-state index in [1.54, 1.807) is 6.20 Å². The molecule has 0 fully saturated rings. The normalized spacial score (nSPS) is 10.3. The highest BCUT2D eigenvalue weighted by atomic mass is 79.9. The van der Waals surface area contributed by atoms with Crippen LogP contribution in [0.3, 0.4) is 0 Å². The van der Waals surface area contributed by atoms with E-state index in [4.69, 9.17) is 11.6 Å². The monoisotopic (exact) mass is 310 g/mol. The van der Waals surface area contributed by atoms with Crippen molar-refractivity contribution in [3.8, 4) is 0 Å². The average molecular weight is 312 g/mol. The van der Waals surface area contributed by atoms with Gasteiger partial charge in [-0.3, -0.25) is 0 Å². The number of hydrogen-bond acceptors (Lipinski definition) is 2. The fourth-order valence-electron chi connectivity index (χ4n) is 1.47. The van der Waals surface area contributed by atoms with Crippen LogP contribution in [0.1, 0.15) is 12.5 Å². The number of hydrogen-bond donors (Lipinski definition) is 1. The minimum absolute atomic E-state index is 0.615. The summed E-state index contributed by atoms with van der Waals surface area (Å²) in [4.78, 5) is 4.23. The predicted molar refractivity (Wildman–Crippen MR) is 76.0 cm³/mol. The predicted octanol–water partition coefficient (Wildman–Crippen LogP) is 4.80. The summed E-state index contributed by atoms with van der Waals surface area (Å²) < 4.78 is 0.851. The Morgan fingerprint density at radius 3 is 2.59 bits per heavy atom. The smallest absolute Gasteiger partial charge is 0.144 e. The molecular formula is C13H12BrClN2. The first-order chi connectivity index (χ1) is 8.19. The van der Waals surface area contributed by atoms with Gasteiger partial charge in [-0.05, 0) is 46.1 Å². The summed E-state index contributed by atoms with van der Waals surface area (Å²) in [5.41, 5.74) is 2.33. The van der Waals surface area contributed by atoms with Crippen LogP contribution < -0.4 is 5.32 Å². The lowest BCUT2D eigenvalue weighted by Gasteiger charge is -2.08. The molecule has 0 radical (unpaired) electrons. The van der Waals surface area contributed by atoms with Crippen molar-refractivity contribution >= 4 is 39.0 Å². The molecule has 0 aliphatic carbocycles. The third kappa shape index (κ3) is 3.20. The topological polar surface area (TPSA) is 24.9 Å². The van der Waals surface area contributed by atoms with E-state index in [9.17, 15) is 0 Å². The van der Waals surface area contributed by atoms with Crippen LogP contribution in [0.5, 0.6) is 0 Å². The van der Waals surface area contributed by atoms with Crippen molar-refractivity contribution in [3.63, 3.8) is 0 Å². The molecule has 0 amide bonds. The van der Waals surface area contributed by atoms with E-state index >= 15 is 0 Å². The fraction of sp³-hybridized carbons (Fsp3) is 0.154. The van der Waals surface area contributed by atoms with Crippen LogP contribution >= 0.6 is 27.5 Å². The average Bonchev–Trinajstić information content (AvgIpc) is 2.34. The van der Waals surface area contributed by atoms with Gasteiger partial charge in [0.1, 0.15) is 5.82 Å². The number of pyridine rings is 1. The maximum atomic E-state index is 5.84. The molecule has 2 nitrogen and oxygen atoms in total. The van der Waals surface area contributed by atoms with Gasteiger partial charge < -0.3 is 5.32 Å². The van der Waals surface area contributed by atoms with Crippen molar-refractivity contribution in [1.82, 2.24) is 4.98 Å². The molecule has 1 aromatic heterocycles. The van der Waals surface area contributed by atoms with Crippen LogP contribution in [0, 0.1) is 0 Å². The molecule has 1 N–H and O–H groups in total. The standard InChI is InChI=1S/C13H12BrClN2/c1-2-9-3-5-11(6-4-9)17-13-12(14)7-10(15)8-16-13/h3-8H,2H2,1H3,(H,16,17). The SMILES string of the molecule is CCc1ccc(Nc2ncc(Cl)cc2Br)cc1. The Balaban J connectivity index is 2.19. The third-order valence-electron chi connectivity index (χ3n) is 2.43. The van der Waals surface area contributed by atoms with Gasteiger partial charge >= 0.3 is 0 Å². The van der Waals surface area contributed by atoms with Crippen molar-refractivity contribution in [1.29, 1.82) is 0 Å². The van der Waals surface area contributed by atoms with Crippen molar-refractivity contribution in [2.75, 3.05) is 5.32 Å². The van der Waals surface area contributed by atoms with Crippen LogP contribution in [0.4, 0.5) is 11.5 Å². The number of nitrogens with zero attached hydrogens (tertiary/aromatic N) is 1. The largest absolute Gasteiger partial charge is 0.339 e. The van der Waals surface area contributed by atoms with Gasteiger partial charge in [0.05, 0.1) is 9.50 Å². The first kappa shape index (κ1) is 12.4. The number of anilines is 2. The second-order valence-electron chi connectivity index (χ2n) is 3.66. The summed E-state index contributed by atoms with van der Waals surface area (Å²) in [5.74, 6) is 0.763. The molecule has 2 rings (SSSR count). The molecule has 2 aromatic rings. The number of aromatic nitrogens is 1. The molecule has 4 heteroatoms. The van der Waals surface area contributed by atoms with Crippen molar-refractivity contribution in [2.45, 2.75) is 13.3 Å². The highest BCUT2D eigenvalue weighted by molar-refractivity contribution is 9.10. The van der Waals surface area contributed by atoms with E-state index in [-0.39, 0.29) is 0 Å². The van der Waals surface area contributed by atoms with E-state index in [1.807, 2.05) is 18.2 Å². The van der Waals surface area contributed by atoms with Gasteiger partial charge in [0.25, 0.3) is 0 Å². The van der Waals surface area contributed by atoms with Crippen LogP contribution in [0.2, 0.25) is 5.02 Å². The summed E-state index contributed by atoms with van der Waals surface area (Å²) >= 11 is 9.26. The molecule has 0 atom stereocenters. The summed E-state index contributed by atoms with van der Waals surface area (Å²) in [5, 5.41) is 3.85. The fourth-order valence-corrected chi connectivity index (χ4v) is 2.20. The lowest BCUT2D eigenvalue weighted by Crippen LogP contribution is -1.94. The molecule has 17 heavy (non-hydrogen) atoms. The second kappa shape index (κ2) is 5.52. The first-order valence-electron chi connectivity index (χ1n) is 5.36. The lowest BCUT2D eigenvalue weighted by molar-refractivity contribution is 1.14. The number of rotatable bonds is 3. The van der Waals surface area contributed by atoms with Gasteiger partial charge in [-0.25, -0.2) is 4.98 Å². The number of nitrogens with one attached hydrogen (secondary N) is 1. The van der Waals surface area contributed by atoms with Gasteiger partial charge in [0, 0.05) is 11.9 Å². The van der Waals surface area contributed by atoms with Crippen LogP contribution in [-0.2, 0) is 6.42 Å². The Morgan fingerprint density at radius 1 is 1.29 bits per heavy atom. The van der Waals surface area contributed by atoms with E-state index in [1.165, 1.54) is 5.56 Å². The molecule has 0 saturated heterocycles. The minimum atomic E-state index is 0.615. The van der Waals surface area contributed by atoms with E-state index in [0.717, 1.165) is 22.4 Å². The molecule has 0 unspecified atom stereocenters. The zero-order chi connectivity index (χ0) is 12.3. The third-order valence-corrected chi connectivity index (χ3v) is 3.24. The Bertz CT molecular complexity index is 511. The zero-order valence-corrected chi connectivity index (χ0v) is 11.7. The first-order valence-corrected chi connectivity index (χ1v) is 6.53. The number of benzene rings is 1. The Hall–Kier alpha value is -1.06. The molecule has 0 aliphatic rings. The summed E-state index contributed by atoms with van der Waals surface area (Å²) in [6.45, 7) is 2.14. The Labute approximate surface area is 114 Å². The molecule has 0 bridgehead atoms.